The quantitative estimate of drug-likeness (QED) is 0.165. The molecule has 0 bridgehead atoms. The van der Waals surface area contributed by atoms with Crippen molar-refractivity contribution in [3.05, 3.63) is 200 Å². The van der Waals surface area contributed by atoms with Crippen molar-refractivity contribution < 1.29 is 0 Å². The Hall–Kier alpha value is -7.01. The third kappa shape index (κ3) is 6.29. The van der Waals surface area contributed by atoms with E-state index in [1.54, 1.807) is 11.3 Å². The van der Waals surface area contributed by atoms with Crippen molar-refractivity contribution >= 4 is 31.5 Å². The van der Waals surface area contributed by atoms with E-state index in [1.807, 2.05) is 60.7 Å². The van der Waals surface area contributed by atoms with Crippen LogP contribution in [0.2, 0.25) is 0 Å². The van der Waals surface area contributed by atoms with Crippen molar-refractivity contribution in [2.24, 2.45) is 0 Å². The molecule has 2 aromatic heterocycles. The first kappa shape index (κ1) is 32.6. The first-order valence-electron chi connectivity index (χ1n) is 18.4. The Labute approximate surface area is 323 Å². The van der Waals surface area contributed by atoms with Gasteiger partial charge in [-0.2, -0.15) is 0 Å². The summed E-state index contributed by atoms with van der Waals surface area (Å²) in [5.74, 6) is 1.99. The molecule has 0 aliphatic rings. The Morgan fingerprint density at radius 1 is 0.273 bits per heavy atom. The second kappa shape index (κ2) is 14.1. The maximum Gasteiger partial charge on any atom is 0.164 e. The number of aromatic nitrogens is 3. The maximum atomic E-state index is 5.09. The van der Waals surface area contributed by atoms with Crippen LogP contribution in [0.25, 0.3) is 98.8 Å². The van der Waals surface area contributed by atoms with Crippen molar-refractivity contribution in [3.8, 4) is 78.7 Å². The van der Waals surface area contributed by atoms with E-state index in [0.29, 0.717) is 17.5 Å². The Balaban J connectivity index is 1.04. The highest BCUT2D eigenvalue weighted by molar-refractivity contribution is 7.26. The lowest BCUT2D eigenvalue weighted by molar-refractivity contribution is 1.08. The summed E-state index contributed by atoms with van der Waals surface area (Å²) in [5, 5.41) is 2.36. The molecule has 0 spiro atoms. The lowest BCUT2D eigenvalue weighted by Crippen LogP contribution is -2.00. The van der Waals surface area contributed by atoms with Crippen LogP contribution in [-0.4, -0.2) is 15.0 Å². The molecule has 2 heterocycles. The maximum absolute atomic E-state index is 5.09. The van der Waals surface area contributed by atoms with Gasteiger partial charge in [0, 0.05) is 36.9 Å². The van der Waals surface area contributed by atoms with Gasteiger partial charge in [0.05, 0.1) is 0 Å². The van der Waals surface area contributed by atoms with Crippen LogP contribution in [0.5, 0.6) is 0 Å². The largest absolute Gasteiger partial charge is 0.208 e. The van der Waals surface area contributed by atoms with Crippen LogP contribution in [0.1, 0.15) is 0 Å². The van der Waals surface area contributed by atoms with E-state index >= 15 is 0 Å². The van der Waals surface area contributed by atoms with Crippen LogP contribution >= 0.6 is 11.3 Å². The third-order valence-electron chi connectivity index (χ3n) is 10.2. The van der Waals surface area contributed by atoms with E-state index in [1.165, 1.54) is 59.3 Å². The van der Waals surface area contributed by atoms with Crippen molar-refractivity contribution in [3.63, 3.8) is 0 Å². The number of thiophene rings is 1. The van der Waals surface area contributed by atoms with E-state index in [4.69, 9.17) is 15.0 Å². The number of benzene rings is 8. The second-order valence-electron chi connectivity index (χ2n) is 13.6. The van der Waals surface area contributed by atoms with Gasteiger partial charge in [0.1, 0.15) is 0 Å². The minimum Gasteiger partial charge on any atom is -0.208 e. The smallest absolute Gasteiger partial charge is 0.164 e. The van der Waals surface area contributed by atoms with Gasteiger partial charge in [-0.3, -0.25) is 0 Å². The van der Waals surface area contributed by atoms with Crippen LogP contribution in [0, 0.1) is 0 Å². The molecule has 4 heteroatoms. The van der Waals surface area contributed by atoms with E-state index in [0.717, 1.165) is 22.1 Å². The first-order valence-corrected chi connectivity index (χ1v) is 19.3. The van der Waals surface area contributed by atoms with Crippen LogP contribution in [0.4, 0.5) is 0 Å². The van der Waals surface area contributed by atoms with Gasteiger partial charge < -0.3 is 0 Å². The van der Waals surface area contributed by atoms with E-state index < -0.39 is 0 Å². The molecule has 0 saturated carbocycles. The van der Waals surface area contributed by atoms with Gasteiger partial charge in [0.15, 0.2) is 17.5 Å². The SMILES string of the molecule is c1ccc(-c2cccc(-c3ccccc3-c3ccc(-c4ccc5sc6cccc(-c7nc(-c8ccccc8)nc(-c8ccccc8)n7)c6c5c4)cc3)c2)cc1. The molecule has 55 heavy (non-hydrogen) atoms. The predicted molar refractivity (Wildman–Crippen MR) is 231 cm³/mol. The zero-order chi connectivity index (χ0) is 36.6. The van der Waals surface area contributed by atoms with Crippen molar-refractivity contribution in [1.82, 2.24) is 15.0 Å². The summed E-state index contributed by atoms with van der Waals surface area (Å²) >= 11 is 1.80. The minimum atomic E-state index is 0.659. The molecule has 0 radical (unpaired) electrons. The summed E-state index contributed by atoms with van der Waals surface area (Å²) in [6.45, 7) is 0. The highest BCUT2D eigenvalue weighted by atomic mass is 32.1. The molecule has 0 N–H and O–H groups in total. The molecule has 0 aliphatic carbocycles. The van der Waals surface area contributed by atoms with Gasteiger partial charge in [-0.25, -0.2) is 15.0 Å². The molecule has 258 valence electrons. The van der Waals surface area contributed by atoms with Crippen LogP contribution in [0.3, 0.4) is 0 Å². The summed E-state index contributed by atoms with van der Waals surface area (Å²) < 4.78 is 2.44. The summed E-state index contributed by atoms with van der Waals surface area (Å²) in [4.78, 5) is 15.1. The number of hydrogen-bond donors (Lipinski definition) is 0. The average molecular weight is 720 g/mol. The predicted octanol–water partition coefficient (Wildman–Crippen LogP) is 13.9. The lowest BCUT2D eigenvalue weighted by Gasteiger charge is -2.13. The highest BCUT2D eigenvalue weighted by Gasteiger charge is 2.18. The number of hydrogen-bond acceptors (Lipinski definition) is 4. The molecule has 3 nitrogen and oxygen atoms in total. The van der Waals surface area contributed by atoms with E-state index in [-0.39, 0.29) is 0 Å². The Bertz CT molecular complexity index is 2900. The van der Waals surface area contributed by atoms with Gasteiger partial charge in [0.2, 0.25) is 0 Å². The fraction of sp³-hybridized carbons (Fsp3) is 0. The van der Waals surface area contributed by atoms with E-state index in [2.05, 4.69) is 140 Å². The number of fused-ring (bicyclic) bond motifs is 3. The molecular formula is C51H33N3S. The standard InChI is InChI=1S/C51H33N3S/c1-4-14-34(15-5-1)39-20-12-21-41(32-39)43-23-11-10-22-42(43)36-28-26-35(27-29-36)40-30-31-46-45(33-40)48-44(24-13-25-47(48)55-46)51-53-49(37-16-6-2-7-17-37)52-50(54-51)38-18-8-3-9-19-38/h1-33H. The third-order valence-corrected chi connectivity index (χ3v) is 11.3. The summed E-state index contributed by atoms with van der Waals surface area (Å²) in [6, 6.07) is 70.6. The number of nitrogens with zero attached hydrogens (tertiary/aromatic N) is 3. The average Bonchev–Trinajstić information content (AvgIpc) is 3.66. The van der Waals surface area contributed by atoms with Gasteiger partial charge >= 0.3 is 0 Å². The molecule has 10 rings (SSSR count). The van der Waals surface area contributed by atoms with Gasteiger partial charge in [-0.1, -0.05) is 176 Å². The molecule has 0 aliphatic heterocycles. The van der Waals surface area contributed by atoms with Crippen molar-refractivity contribution in [2.75, 3.05) is 0 Å². The molecule has 0 unspecified atom stereocenters. The molecule has 10 aromatic rings. The Morgan fingerprint density at radius 2 is 0.727 bits per heavy atom. The fourth-order valence-electron chi connectivity index (χ4n) is 7.45. The zero-order valence-corrected chi connectivity index (χ0v) is 30.6. The molecular weight excluding hydrogens is 687 g/mol. The lowest BCUT2D eigenvalue weighted by atomic mass is 9.91. The summed E-state index contributed by atoms with van der Waals surface area (Å²) in [7, 11) is 0. The second-order valence-corrected chi connectivity index (χ2v) is 14.7. The molecule has 8 aromatic carbocycles. The van der Waals surface area contributed by atoms with Crippen LogP contribution in [0.15, 0.2) is 200 Å². The molecule has 0 fully saturated rings. The van der Waals surface area contributed by atoms with Crippen molar-refractivity contribution in [1.29, 1.82) is 0 Å². The van der Waals surface area contributed by atoms with Crippen LogP contribution < -0.4 is 0 Å². The minimum absolute atomic E-state index is 0.659. The van der Waals surface area contributed by atoms with Gasteiger partial charge in [-0.15, -0.1) is 11.3 Å². The summed E-state index contributed by atoms with van der Waals surface area (Å²) in [5.41, 5.74) is 12.5. The highest BCUT2D eigenvalue weighted by Crippen LogP contribution is 2.42. The summed E-state index contributed by atoms with van der Waals surface area (Å²) in [6.07, 6.45) is 0. The zero-order valence-electron chi connectivity index (χ0n) is 29.8. The van der Waals surface area contributed by atoms with E-state index in [9.17, 15) is 0 Å². The Morgan fingerprint density at radius 3 is 1.40 bits per heavy atom. The number of rotatable bonds is 7. The van der Waals surface area contributed by atoms with Gasteiger partial charge in [-0.05, 0) is 68.8 Å². The fourth-order valence-corrected chi connectivity index (χ4v) is 8.56. The topological polar surface area (TPSA) is 38.7 Å². The van der Waals surface area contributed by atoms with Crippen molar-refractivity contribution in [2.45, 2.75) is 0 Å². The first-order chi connectivity index (χ1) is 27.2. The monoisotopic (exact) mass is 719 g/mol. The normalized spacial score (nSPS) is 11.3. The molecule has 0 saturated heterocycles. The molecule has 0 amide bonds. The Kier molecular flexibility index (Phi) is 8.36. The molecule has 0 atom stereocenters. The van der Waals surface area contributed by atoms with Crippen LogP contribution in [-0.2, 0) is 0 Å². The van der Waals surface area contributed by atoms with Gasteiger partial charge in [0.25, 0.3) is 0 Å².